The zero-order valence-electron chi connectivity index (χ0n) is 32.0. The summed E-state index contributed by atoms with van der Waals surface area (Å²) in [6.07, 6.45) is 0. The van der Waals surface area contributed by atoms with Crippen LogP contribution in [0.1, 0.15) is 22.3 Å². The molecular formula is C57H39N. The van der Waals surface area contributed by atoms with Crippen LogP contribution in [0.2, 0.25) is 0 Å². The van der Waals surface area contributed by atoms with Crippen LogP contribution < -0.4 is 4.90 Å². The van der Waals surface area contributed by atoms with Crippen molar-refractivity contribution in [3.8, 4) is 33.4 Å². The van der Waals surface area contributed by atoms with Gasteiger partial charge in [0.05, 0.1) is 11.1 Å². The molecule has 0 bridgehead atoms. The second-order valence-electron chi connectivity index (χ2n) is 15.2. The Bertz CT molecular complexity index is 2940. The molecule has 0 heterocycles. The van der Waals surface area contributed by atoms with Crippen molar-refractivity contribution in [1.82, 2.24) is 0 Å². The van der Waals surface area contributed by atoms with E-state index in [0.717, 1.165) is 17.1 Å². The van der Waals surface area contributed by atoms with Gasteiger partial charge in [0.1, 0.15) is 0 Å². The van der Waals surface area contributed by atoms with Gasteiger partial charge in [-0.1, -0.05) is 206 Å². The summed E-state index contributed by atoms with van der Waals surface area (Å²) >= 11 is 0. The average Bonchev–Trinajstić information content (AvgIpc) is 3.62. The van der Waals surface area contributed by atoms with E-state index in [1.54, 1.807) is 0 Å². The Balaban J connectivity index is 1.24. The lowest BCUT2D eigenvalue weighted by molar-refractivity contribution is 0.769. The summed E-state index contributed by atoms with van der Waals surface area (Å²) in [5.74, 6) is 0. The number of rotatable bonds is 7. The molecular weight excluding hydrogens is 699 g/mol. The standard InChI is InChI=1S/C57H39N/c1-5-17-40(18-6-1)42-29-34-47(35-30-42)58(48-36-31-43(32-37-48)41-19-7-2-8-20-41)54-39-53-56(51-28-16-15-27-50(51)54)55-49-26-14-13-21-44(49)33-38-52(55)57(53,45-22-9-3-10-23-45)46-24-11-4-12-25-46/h1-39H. The van der Waals surface area contributed by atoms with Crippen LogP contribution in [0, 0.1) is 0 Å². The summed E-state index contributed by atoms with van der Waals surface area (Å²) in [5, 5.41) is 4.97. The third-order valence-electron chi connectivity index (χ3n) is 12.1. The first-order chi connectivity index (χ1) is 28.8. The third-order valence-corrected chi connectivity index (χ3v) is 12.1. The summed E-state index contributed by atoms with van der Waals surface area (Å²) in [6, 6.07) is 86.9. The molecule has 0 atom stereocenters. The van der Waals surface area contributed by atoms with Gasteiger partial charge < -0.3 is 4.90 Å². The van der Waals surface area contributed by atoms with E-state index in [2.05, 4.69) is 241 Å². The normalized spacial score (nSPS) is 12.6. The first kappa shape index (κ1) is 33.8. The van der Waals surface area contributed by atoms with E-state index in [1.165, 1.54) is 77.2 Å². The van der Waals surface area contributed by atoms with Gasteiger partial charge in [-0.05, 0) is 102 Å². The Morgan fingerprint density at radius 2 is 0.707 bits per heavy atom. The van der Waals surface area contributed by atoms with Gasteiger partial charge in [0.25, 0.3) is 0 Å². The molecule has 1 heteroatoms. The van der Waals surface area contributed by atoms with Gasteiger partial charge in [-0.25, -0.2) is 0 Å². The van der Waals surface area contributed by atoms with Crippen molar-refractivity contribution in [2.75, 3.05) is 4.90 Å². The fraction of sp³-hybridized carbons (Fsp3) is 0.0175. The van der Waals surface area contributed by atoms with Gasteiger partial charge in [-0.3, -0.25) is 0 Å². The van der Waals surface area contributed by atoms with E-state index in [0.29, 0.717) is 0 Å². The van der Waals surface area contributed by atoms with Crippen molar-refractivity contribution < 1.29 is 0 Å². The zero-order chi connectivity index (χ0) is 38.5. The molecule has 0 fully saturated rings. The molecule has 0 unspecified atom stereocenters. The predicted octanol–water partition coefficient (Wildman–Crippen LogP) is 15.2. The third kappa shape index (κ3) is 5.32. The van der Waals surface area contributed by atoms with Crippen LogP contribution >= 0.6 is 0 Å². The van der Waals surface area contributed by atoms with Gasteiger partial charge in [0.2, 0.25) is 0 Å². The zero-order valence-corrected chi connectivity index (χ0v) is 32.0. The van der Waals surface area contributed by atoms with Crippen LogP contribution in [0.4, 0.5) is 17.1 Å². The summed E-state index contributed by atoms with van der Waals surface area (Å²) in [7, 11) is 0. The van der Waals surface area contributed by atoms with Crippen molar-refractivity contribution in [3.63, 3.8) is 0 Å². The predicted molar refractivity (Wildman–Crippen MR) is 244 cm³/mol. The molecule has 1 aliphatic carbocycles. The smallest absolute Gasteiger partial charge is 0.0714 e. The minimum atomic E-state index is -0.573. The maximum absolute atomic E-state index is 2.52. The van der Waals surface area contributed by atoms with Crippen LogP contribution in [0.25, 0.3) is 54.9 Å². The maximum Gasteiger partial charge on any atom is 0.0714 e. The monoisotopic (exact) mass is 737 g/mol. The molecule has 0 aromatic heterocycles. The van der Waals surface area contributed by atoms with Gasteiger partial charge in [-0.2, -0.15) is 0 Å². The van der Waals surface area contributed by atoms with E-state index in [9.17, 15) is 0 Å². The highest BCUT2D eigenvalue weighted by Gasteiger charge is 2.48. The Morgan fingerprint density at radius 3 is 1.24 bits per heavy atom. The molecule has 0 radical (unpaired) electrons. The summed E-state index contributed by atoms with van der Waals surface area (Å²) in [6.45, 7) is 0. The van der Waals surface area contributed by atoms with Crippen molar-refractivity contribution in [1.29, 1.82) is 0 Å². The van der Waals surface area contributed by atoms with Crippen LogP contribution in [0.3, 0.4) is 0 Å². The minimum Gasteiger partial charge on any atom is -0.310 e. The lowest BCUT2D eigenvalue weighted by Gasteiger charge is -2.35. The van der Waals surface area contributed by atoms with Crippen molar-refractivity contribution in [2.24, 2.45) is 0 Å². The molecule has 0 saturated heterocycles. The molecule has 1 nitrogen and oxygen atoms in total. The Labute approximate surface area is 339 Å². The highest BCUT2D eigenvalue weighted by atomic mass is 15.1. The Hall–Kier alpha value is -7.48. The highest BCUT2D eigenvalue weighted by molar-refractivity contribution is 6.16. The molecule has 0 amide bonds. The molecule has 58 heavy (non-hydrogen) atoms. The largest absolute Gasteiger partial charge is 0.310 e. The summed E-state index contributed by atoms with van der Waals surface area (Å²) in [5.41, 5.74) is 15.3. The molecule has 0 spiro atoms. The molecule has 10 aromatic carbocycles. The van der Waals surface area contributed by atoms with Crippen LogP contribution in [-0.4, -0.2) is 0 Å². The molecule has 0 aliphatic heterocycles. The topological polar surface area (TPSA) is 3.24 Å². The Morgan fingerprint density at radius 1 is 0.293 bits per heavy atom. The quantitative estimate of drug-likeness (QED) is 0.157. The second-order valence-corrected chi connectivity index (χ2v) is 15.2. The number of hydrogen-bond acceptors (Lipinski definition) is 1. The Kier molecular flexibility index (Phi) is 8.12. The molecule has 1 aliphatic rings. The number of benzene rings is 10. The highest BCUT2D eigenvalue weighted by Crippen LogP contribution is 2.61. The molecule has 272 valence electrons. The van der Waals surface area contributed by atoms with Crippen LogP contribution in [0.5, 0.6) is 0 Å². The van der Waals surface area contributed by atoms with Gasteiger partial charge in [-0.15, -0.1) is 0 Å². The van der Waals surface area contributed by atoms with Gasteiger partial charge >= 0.3 is 0 Å². The van der Waals surface area contributed by atoms with Gasteiger partial charge in [0, 0.05) is 16.8 Å². The van der Waals surface area contributed by atoms with Crippen molar-refractivity contribution >= 4 is 38.6 Å². The number of hydrogen-bond donors (Lipinski definition) is 0. The van der Waals surface area contributed by atoms with E-state index in [1.807, 2.05) is 0 Å². The fourth-order valence-electron chi connectivity index (χ4n) is 9.56. The van der Waals surface area contributed by atoms with E-state index in [4.69, 9.17) is 0 Å². The summed E-state index contributed by atoms with van der Waals surface area (Å²) < 4.78 is 0. The lowest BCUT2D eigenvalue weighted by Crippen LogP contribution is -2.28. The second kappa shape index (κ2) is 13.9. The first-order valence-electron chi connectivity index (χ1n) is 20.1. The number of nitrogens with zero attached hydrogens (tertiary/aromatic N) is 1. The molecule has 0 N–H and O–H groups in total. The lowest BCUT2D eigenvalue weighted by atomic mass is 9.67. The van der Waals surface area contributed by atoms with Crippen molar-refractivity contribution in [2.45, 2.75) is 5.41 Å². The summed E-state index contributed by atoms with van der Waals surface area (Å²) in [4.78, 5) is 2.47. The molecule has 10 aromatic rings. The molecule has 0 saturated carbocycles. The van der Waals surface area contributed by atoms with E-state index >= 15 is 0 Å². The molecule has 11 rings (SSSR count). The SMILES string of the molecule is c1ccc(-c2ccc(N(c3ccc(-c4ccccc4)cc3)c3cc4c(c5ccccc35)-c3c(ccc5ccccc35)C4(c3ccccc3)c3ccccc3)cc2)cc1. The van der Waals surface area contributed by atoms with E-state index < -0.39 is 5.41 Å². The van der Waals surface area contributed by atoms with Crippen LogP contribution in [0.15, 0.2) is 237 Å². The first-order valence-corrected chi connectivity index (χ1v) is 20.1. The van der Waals surface area contributed by atoms with E-state index in [-0.39, 0.29) is 0 Å². The fourth-order valence-corrected chi connectivity index (χ4v) is 9.56. The average molecular weight is 738 g/mol. The van der Waals surface area contributed by atoms with Crippen LogP contribution in [-0.2, 0) is 5.41 Å². The maximum atomic E-state index is 2.52. The van der Waals surface area contributed by atoms with Gasteiger partial charge in [0.15, 0.2) is 0 Å². The van der Waals surface area contributed by atoms with Crippen molar-refractivity contribution in [3.05, 3.63) is 259 Å². The minimum absolute atomic E-state index is 0.573. The number of fused-ring (bicyclic) bond motifs is 7. The number of anilines is 3.